The van der Waals surface area contributed by atoms with E-state index in [4.69, 9.17) is 9.47 Å². The van der Waals surface area contributed by atoms with Gasteiger partial charge in [0.1, 0.15) is 11.9 Å². The fraction of sp³-hybridized carbons (Fsp3) is 0.529. The summed E-state index contributed by atoms with van der Waals surface area (Å²) in [6.07, 6.45) is -0.508. The molecule has 6 heteroatoms. The Morgan fingerprint density at radius 1 is 1.13 bits per heavy atom. The molecule has 0 radical (unpaired) electrons. The van der Waals surface area contributed by atoms with Gasteiger partial charge in [-0.25, -0.2) is 0 Å². The van der Waals surface area contributed by atoms with Crippen molar-refractivity contribution >= 4 is 17.5 Å². The first-order valence-electron chi connectivity index (χ1n) is 7.65. The third-order valence-corrected chi connectivity index (χ3v) is 3.03. The number of anilines is 1. The van der Waals surface area contributed by atoms with Crippen LogP contribution >= 0.6 is 0 Å². The molecule has 2 amide bonds. The molecule has 128 valence electrons. The molecule has 0 spiro atoms. The van der Waals surface area contributed by atoms with Crippen LogP contribution in [0.3, 0.4) is 0 Å². The summed E-state index contributed by atoms with van der Waals surface area (Å²) in [6, 6.07) is 6.86. The monoisotopic (exact) mass is 322 g/mol. The molecule has 1 N–H and O–H groups in total. The van der Waals surface area contributed by atoms with Crippen molar-refractivity contribution in [1.82, 2.24) is 4.90 Å². The maximum Gasteiger partial charge on any atom is 0.259 e. The Bertz CT molecular complexity index is 512. The first kappa shape index (κ1) is 19.0. The van der Waals surface area contributed by atoms with Gasteiger partial charge >= 0.3 is 0 Å². The lowest BCUT2D eigenvalue weighted by Gasteiger charge is -2.15. The lowest BCUT2D eigenvalue weighted by atomic mass is 10.2. The number of nitrogens with zero attached hydrogens (tertiary/aromatic N) is 1. The third kappa shape index (κ3) is 7.15. The Morgan fingerprint density at radius 3 is 2.26 bits per heavy atom. The van der Waals surface area contributed by atoms with E-state index in [1.807, 2.05) is 13.8 Å². The van der Waals surface area contributed by atoms with Crippen molar-refractivity contribution in [3.63, 3.8) is 0 Å². The predicted octanol–water partition coefficient (Wildman–Crippen LogP) is 2.15. The quantitative estimate of drug-likeness (QED) is 0.796. The van der Waals surface area contributed by atoms with Crippen molar-refractivity contribution in [3.8, 4) is 5.75 Å². The summed E-state index contributed by atoms with van der Waals surface area (Å²) in [5.41, 5.74) is 0.654. The molecule has 1 unspecified atom stereocenters. The zero-order valence-corrected chi connectivity index (χ0v) is 14.5. The van der Waals surface area contributed by atoms with Crippen molar-refractivity contribution < 1.29 is 19.1 Å². The van der Waals surface area contributed by atoms with Crippen LogP contribution in [0.15, 0.2) is 24.3 Å². The summed E-state index contributed by atoms with van der Waals surface area (Å²) in [4.78, 5) is 24.9. The average Bonchev–Trinajstić information content (AvgIpc) is 2.51. The minimum absolute atomic E-state index is 0.0151. The van der Waals surface area contributed by atoms with Crippen molar-refractivity contribution in [2.24, 2.45) is 5.92 Å². The van der Waals surface area contributed by atoms with Gasteiger partial charge in [-0.3, -0.25) is 9.59 Å². The molecule has 0 heterocycles. The van der Waals surface area contributed by atoms with Crippen molar-refractivity contribution in [1.29, 1.82) is 0 Å². The van der Waals surface area contributed by atoms with Gasteiger partial charge in [0.2, 0.25) is 0 Å². The number of nitrogens with one attached hydrogen (secondary N) is 1. The van der Waals surface area contributed by atoms with Crippen LogP contribution in [0.5, 0.6) is 5.75 Å². The molecule has 0 aromatic heterocycles. The van der Waals surface area contributed by atoms with Crippen LogP contribution < -0.4 is 10.1 Å². The summed E-state index contributed by atoms with van der Waals surface area (Å²) in [7, 11) is 3.35. The smallest absolute Gasteiger partial charge is 0.259 e. The highest BCUT2D eigenvalue weighted by molar-refractivity contribution is 5.93. The van der Waals surface area contributed by atoms with E-state index in [9.17, 15) is 9.59 Å². The average molecular weight is 322 g/mol. The van der Waals surface area contributed by atoms with Crippen LogP contribution in [-0.2, 0) is 14.3 Å². The molecule has 0 aliphatic carbocycles. The van der Waals surface area contributed by atoms with Crippen LogP contribution in [0.1, 0.15) is 20.8 Å². The highest BCUT2D eigenvalue weighted by Gasteiger charge is 2.14. The number of ether oxygens (including phenoxy) is 2. The van der Waals surface area contributed by atoms with E-state index in [1.54, 1.807) is 45.3 Å². The van der Waals surface area contributed by atoms with Gasteiger partial charge in [-0.2, -0.15) is 0 Å². The molecular weight excluding hydrogens is 296 g/mol. The molecule has 0 saturated carbocycles. The lowest BCUT2D eigenvalue weighted by Crippen LogP contribution is -2.29. The first-order chi connectivity index (χ1) is 10.8. The molecule has 0 fully saturated rings. The molecule has 6 nitrogen and oxygen atoms in total. The van der Waals surface area contributed by atoms with E-state index in [-0.39, 0.29) is 18.4 Å². The van der Waals surface area contributed by atoms with Gasteiger partial charge in [0.25, 0.3) is 11.8 Å². The third-order valence-electron chi connectivity index (χ3n) is 3.03. The molecule has 0 saturated heterocycles. The minimum Gasteiger partial charge on any atom is -0.484 e. The van der Waals surface area contributed by atoms with E-state index in [1.165, 1.54) is 4.90 Å². The largest absolute Gasteiger partial charge is 0.484 e. The summed E-state index contributed by atoms with van der Waals surface area (Å²) < 4.78 is 10.8. The topological polar surface area (TPSA) is 67.9 Å². The van der Waals surface area contributed by atoms with Crippen LogP contribution in [0.2, 0.25) is 0 Å². The van der Waals surface area contributed by atoms with Crippen molar-refractivity contribution in [2.75, 3.05) is 32.6 Å². The second-order valence-electron chi connectivity index (χ2n) is 5.96. The van der Waals surface area contributed by atoms with Crippen molar-refractivity contribution in [2.45, 2.75) is 26.9 Å². The fourth-order valence-corrected chi connectivity index (χ4v) is 1.57. The van der Waals surface area contributed by atoms with Crippen LogP contribution in [0, 0.1) is 5.92 Å². The number of carbonyl (C=O) groups excluding carboxylic acids is 2. The number of carbonyl (C=O) groups is 2. The van der Waals surface area contributed by atoms with Gasteiger partial charge in [0, 0.05) is 26.4 Å². The zero-order chi connectivity index (χ0) is 17.4. The highest BCUT2D eigenvalue weighted by atomic mass is 16.5. The molecule has 1 atom stereocenters. The van der Waals surface area contributed by atoms with E-state index in [0.29, 0.717) is 24.0 Å². The molecule has 1 aromatic rings. The fourth-order valence-electron chi connectivity index (χ4n) is 1.57. The Morgan fingerprint density at radius 2 is 1.74 bits per heavy atom. The number of amides is 2. The Kier molecular flexibility index (Phi) is 7.54. The lowest BCUT2D eigenvalue weighted by molar-refractivity contribution is -0.130. The normalized spacial score (nSPS) is 11.9. The SMILES string of the molecule is CC(C)COC(C)C(=O)Nc1ccc(OCC(=O)N(C)C)cc1. The summed E-state index contributed by atoms with van der Waals surface area (Å²) in [5, 5.41) is 2.78. The van der Waals surface area contributed by atoms with E-state index >= 15 is 0 Å². The van der Waals surface area contributed by atoms with Gasteiger partial charge in [0.15, 0.2) is 6.61 Å². The standard InChI is InChI=1S/C17H26N2O4/c1-12(2)10-22-13(3)17(21)18-14-6-8-15(9-7-14)23-11-16(20)19(4)5/h6-9,12-13H,10-11H2,1-5H3,(H,18,21). The number of hydrogen-bond acceptors (Lipinski definition) is 4. The number of likely N-dealkylation sites (N-methyl/N-ethyl adjacent to an activating group) is 1. The molecule has 1 aromatic carbocycles. The predicted molar refractivity (Wildman–Crippen MR) is 89.5 cm³/mol. The second-order valence-corrected chi connectivity index (χ2v) is 5.96. The highest BCUT2D eigenvalue weighted by Crippen LogP contribution is 2.16. The number of rotatable bonds is 8. The van der Waals surface area contributed by atoms with E-state index in [2.05, 4.69) is 5.32 Å². The summed E-state index contributed by atoms with van der Waals surface area (Å²) in [6.45, 7) is 6.32. The summed E-state index contributed by atoms with van der Waals surface area (Å²) in [5.74, 6) is 0.648. The molecular formula is C17H26N2O4. The van der Waals surface area contributed by atoms with Crippen LogP contribution in [0.25, 0.3) is 0 Å². The first-order valence-corrected chi connectivity index (χ1v) is 7.65. The van der Waals surface area contributed by atoms with Gasteiger partial charge in [-0.15, -0.1) is 0 Å². The van der Waals surface area contributed by atoms with Gasteiger partial charge < -0.3 is 19.7 Å². The van der Waals surface area contributed by atoms with Crippen LogP contribution in [0.4, 0.5) is 5.69 Å². The molecule has 0 bridgehead atoms. The molecule has 1 rings (SSSR count). The molecule has 0 aliphatic heterocycles. The van der Waals surface area contributed by atoms with Gasteiger partial charge in [-0.05, 0) is 37.1 Å². The number of hydrogen-bond donors (Lipinski definition) is 1. The van der Waals surface area contributed by atoms with E-state index < -0.39 is 6.10 Å². The second kappa shape index (κ2) is 9.15. The Hall–Kier alpha value is -2.08. The maximum absolute atomic E-state index is 12.0. The van der Waals surface area contributed by atoms with Crippen molar-refractivity contribution in [3.05, 3.63) is 24.3 Å². The van der Waals surface area contributed by atoms with Crippen LogP contribution in [-0.4, -0.2) is 50.1 Å². The zero-order valence-electron chi connectivity index (χ0n) is 14.5. The molecule has 23 heavy (non-hydrogen) atoms. The molecule has 0 aliphatic rings. The maximum atomic E-state index is 12.0. The number of benzene rings is 1. The van der Waals surface area contributed by atoms with E-state index in [0.717, 1.165) is 0 Å². The minimum atomic E-state index is -0.508. The van der Waals surface area contributed by atoms with Gasteiger partial charge in [0.05, 0.1) is 0 Å². The Balaban J connectivity index is 2.47. The van der Waals surface area contributed by atoms with Gasteiger partial charge in [-0.1, -0.05) is 13.8 Å². The summed E-state index contributed by atoms with van der Waals surface area (Å²) >= 11 is 0. The Labute approximate surface area is 137 Å².